The Hall–Kier alpha value is -2.04. The van der Waals surface area contributed by atoms with Crippen molar-refractivity contribution in [2.75, 3.05) is 37.6 Å². The second-order valence-electron chi connectivity index (χ2n) is 7.79. The molecular formula is C17H24F3N5O3. The van der Waals surface area contributed by atoms with E-state index in [4.69, 9.17) is 9.26 Å². The van der Waals surface area contributed by atoms with Crippen molar-refractivity contribution in [2.45, 2.75) is 56.3 Å². The minimum Gasteiger partial charge on any atom is -0.441 e. The summed E-state index contributed by atoms with van der Waals surface area (Å²) in [4.78, 5) is 19.1. The number of aromatic nitrogens is 2. The van der Waals surface area contributed by atoms with Crippen molar-refractivity contribution in [3.63, 3.8) is 0 Å². The fraction of sp³-hybridized carbons (Fsp3) is 0.824. The van der Waals surface area contributed by atoms with Crippen molar-refractivity contribution < 1.29 is 27.2 Å². The number of ether oxygens (including phenoxy) is 1. The molecule has 2 atom stereocenters. The molecule has 3 fully saturated rings. The fourth-order valence-corrected chi connectivity index (χ4v) is 4.43. The molecule has 11 heteroatoms. The standard InChI is InChI=1S/C17H24F3N5O3/c18-17(19,20)13-22-14(28-23-13)25-7-1-3-12(4-9-25)24-8-2-5-16(6-10-24)11-21-15(26)27-16/h12H,1-11H2,(H,21,26). The summed E-state index contributed by atoms with van der Waals surface area (Å²) in [6.45, 7) is 3.51. The van der Waals surface area contributed by atoms with E-state index >= 15 is 0 Å². The molecule has 28 heavy (non-hydrogen) atoms. The van der Waals surface area contributed by atoms with Gasteiger partial charge in [0.05, 0.1) is 6.54 Å². The van der Waals surface area contributed by atoms with Gasteiger partial charge in [0.1, 0.15) is 5.60 Å². The molecule has 0 radical (unpaired) electrons. The highest BCUT2D eigenvalue weighted by molar-refractivity contribution is 5.70. The number of nitrogens with one attached hydrogen (secondary N) is 1. The Balaban J connectivity index is 1.35. The van der Waals surface area contributed by atoms with Gasteiger partial charge in [0.2, 0.25) is 0 Å². The lowest BCUT2D eigenvalue weighted by atomic mass is 9.95. The molecule has 1 N–H and O–H groups in total. The number of rotatable bonds is 2. The van der Waals surface area contributed by atoms with Crippen molar-refractivity contribution in [3.05, 3.63) is 5.82 Å². The van der Waals surface area contributed by atoms with Crippen LogP contribution in [0.15, 0.2) is 4.52 Å². The maximum Gasteiger partial charge on any atom is 0.455 e. The van der Waals surface area contributed by atoms with Crippen LogP contribution in [0.1, 0.15) is 44.3 Å². The van der Waals surface area contributed by atoms with E-state index in [1.165, 1.54) is 0 Å². The average Bonchev–Trinajstić information content (AvgIpc) is 3.12. The average molecular weight is 403 g/mol. The summed E-state index contributed by atoms with van der Waals surface area (Å²) in [5.41, 5.74) is -0.389. The molecule has 1 amide bonds. The summed E-state index contributed by atoms with van der Waals surface area (Å²) in [5, 5.41) is 5.81. The molecule has 0 aliphatic carbocycles. The predicted octanol–water partition coefficient (Wildman–Crippen LogP) is 2.41. The van der Waals surface area contributed by atoms with Gasteiger partial charge in [0.15, 0.2) is 0 Å². The summed E-state index contributed by atoms with van der Waals surface area (Å²) < 4.78 is 48.5. The number of hydrogen-bond donors (Lipinski definition) is 1. The minimum atomic E-state index is -4.60. The molecule has 3 aliphatic heterocycles. The number of carbonyl (C=O) groups is 1. The summed E-state index contributed by atoms with van der Waals surface area (Å²) in [6.07, 6.45) is 0.276. The zero-order valence-corrected chi connectivity index (χ0v) is 15.5. The molecule has 4 rings (SSSR count). The second kappa shape index (κ2) is 7.41. The van der Waals surface area contributed by atoms with Crippen LogP contribution in [0.4, 0.5) is 24.0 Å². The number of amides is 1. The van der Waals surface area contributed by atoms with Crippen molar-refractivity contribution in [2.24, 2.45) is 0 Å². The van der Waals surface area contributed by atoms with Gasteiger partial charge in [0.25, 0.3) is 5.82 Å². The van der Waals surface area contributed by atoms with Gasteiger partial charge in [-0.1, -0.05) is 0 Å². The van der Waals surface area contributed by atoms with Crippen LogP contribution in [0.5, 0.6) is 0 Å². The predicted molar refractivity (Wildman–Crippen MR) is 91.8 cm³/mol. The van der Waals surface area contributed by atoms with Crippen molar-refractivity contribution >= 4 is 12.1 Å². The molecule has 3 saturated heterocycles. The number of carbonyl (C=O) groups excluding carboxylic acids is 1. The molecule has 1 aromatic heterocycles. The highest BCUT2D eigenvalue weighted by Gasteiger charge is 2.42. The van der Waals surface area contributed by atoms with Gasteiger partial charge in [0, 0.05) is 32.1 Å². The fourth-order valence-electron chi connectivity index (χ4n) is 4.43. The molecular weight excluding hydrogens is 379 g/mol. The normalized spacial score (nSPS) is 30.0. The lowest BCUT2D eigenvalue weighted by Crippen LogP contribution is -2.39. The van der Waals surface area contributed by atoms with Crippen LogP contribution in [0.25, 0.3) is 0 Å². The molecule has 1 aromatic rings. The summed E-state index contributed by atoms with van der Waals surface area (Å²) >= 11 is 0. The Morgan fingerprint density at radius 2 is 1.96 bits per heavy atom. The van der Waals surface area contributed by atoms with Crippen LogP contribution in [0.3, 0.4) is 0 Å². The lowest BCUT2D eigenvalue weighted by Gasteiger charge is -2.30. The van der Waals surface area contributed by atoms with E-state index in [0.29, 0.717) is 25.7 Å². The van der Waals surface area contributed by atoms with E-state index in [0.717, 1.165) is 51.6 Å². The molecule has 1 spiro atoms. The van der Waals surface area contributed by atoms with Crippen LogP contribution in [0.2, 0.25) is 0 Å². The topological polar surface area (TPSA) is 83.7 Å². The maximum atomic E-state index is 12.7. The highest BCUT2D eigenvalue weighted by Crippen LogP contribution is 2.32. The van der Waals surface area contributed by atoms with E-state index in [9.17, 15) is 18.0 Å². The Bertz CT molecular complexity index is 712. The number of anilines is 1. The van der Waals surface area contributed by atoms with Gasteiger partial charge in [-0.2, -0.15) is 18.2 Å². The van der Waals surface area contributed by atoms with Crippen LogP contribution in [-0.2, 0) is 10.9 Å². The molecule has 0 bridgehead atoms. The Morgan fingerprint density at radius 1 is 1.11 bits per heavy atom. The van der Waals surface area contributed by atoms with E-state index in [1.54, 1.807) is 4.90 Å². The van der Waals surface area contributed by atoms with Crippen LogP contribution in [-0.4, -0.2) is 65.5 Å². The number of hydrogen-bond acceptors (Lipinski definition) is 7. The number of alkyl carbamates (subject to hydrolysis) is 1. The molecule has 2 unspecified atom stereocenters. The molecule has 0 saturated carbocycles. The SMILES string of the molecule is O=C1NCC2(CCCN(C3CCCN(c4nc(C(F)(F)F)no4)CC3)CC2)O1. The highest BCUT2D eigenvalue weighted by atomic mass is 19.4. The van der Waals surface area contributed by atoms with E-state index in [2.05, 4.69) is 20.4 Å². The van der Waals surface area contributed by atoms with Crippen molar-refractivity contribution in [1.29, 1.82) is 0 Å². The first-order chi connectivity index (χ1) is 13.3. The van der Waals surface area contributed by atoms with Gasteiger partial charge in [-0.25, -0.2) is 4.79 Å². The second-order valence-corrected chi connectivity index (χ2v) is 7.79. The smallest absolute Gasteiger partial charge is 0.441 e. The maximum absolute atomic E-state index is 12.7. The third-order valence-corrected chi connectivity index (χ3v) is 5.95. The third kappa shape index (κ3) is 4.03. The first kappa shape index (κ1) is 19.3. The summed E-state index contributed by atoms with van der Waals surface area (Å²) in [6, 6.07) is 0.280. The van der Waals surface area contributed by atoms with Crippen molar-refractivity contribution in [3.8, 4) is 0 Å². The zero-order valence-electron chi connectivity index (χ0n) is 15.5. The number of nitrogens with zero attached hydrogens (tertiary/aromatic N) is 4. The third-order valence-electron chi connectivity index (χ3n) is 5.95. The summed E-state index contributed by atoms with van der Waals surface area (Å²) in [5.74, 6) is -1.24. The van der Waals surface area contributed by atoms with Crippen LogP contribution < -0.4 is 10.2 Å². The van der Waals surface area contributed by atoms with E-state index < -0.39 is 12.0 Å². The number of alkyl halides is 3. The number of likely N-dealkylation sites (tertiary alicyclic amines) is 1. The molecule has 8 nitrogen and oxygen atoms in total. The zero-order chi connectivity index (χ0) is 19.8. The van der Waals surface area contributed by atoms with Crippen molar-refractivity contribution in [1.82, 2.24) is 20.4 Å². The van der Waals surface area contributed by atoms with Gasteiger partial charge >= 0.3 is 18.3 Å². The van der Waals surface area contributed by atoms with Gasteiger partial charge < -0.3 is 24.4 Å². The van der Waals surface area contributed by atoms with Crippen LogP contribution >= 0.6 is 0 Å². The van der Waals surface area contributed by atoms with E-state index in [-0.39, 0.29) is 17.7 Å². The first-order valence-electron chi connectivity index (χ1n) is 9.71. The lowest BCUT2D eigenvalue weighted by molar-refractivity contribution is -0.146. The molecule has 156 valence electrons. The first-order valence-corrected chi connectivity index (χ1v) is 9.71. The Labute approximate surface area is 160 Å². The Kier molecular flexibility index (Phi) is 5.11. The monoisotopic (exact) mass is 403 g/mol. The molecule has 4 heterocycles. The molecule has 0 aromatic carbocycles. The minimum absolute atomic E-state index is 0.0632. The van der Waals surface area contributed by atoms with Gasteiger partial charge in [-0.3, -0.25) is 0 Å². The van der Waals surface area contributed by atoms with E-state index in [1.807, 2.05) is 0 Å². The quantitative estimate of drug-likeness (QED) is 0.812. The van der Waals surface area contributed by atoms with Gasteiger partial charge in [-0.15, -0.1) is 0 Å². The summed E-state index contributed by atoms with van der Waals surface area (Å²) in [7, 11) is 0. The number of halogens is 3. The largest absolute Gasteiger partial charge is 0.455 e. The Morgan fingerprint density at radius 3 is 2.68 bits per heavy atom. The van der Waals surface area contributed by atoms with Crippen LogP contribution in [0, 0.1) is 0 Å². The van der Waals surface area contributed by atoms with Gasteiger partial charge in [-0.05, 0) is 43.8 Å². The molecule has 3 aliphatic rings.